The minimum Gasteiger partial charge on any atom is -0.321 e. The van der Waals surface area contributed by atoms with E-state index in [0.29, 0.717) is 0 Å². The SMILES string of the molecule is Cc1ccsc1C(=O)Nc1cc(CN2CCNCC2)ccc1/C=C/c1n[nH]c2ccccc12. The summed E-state index contributed by atoms with van der Waals surface area (Å²) in [6.07, 6.45) is 4.02. The van der Waals surface area contributed by atoms with Gasteiger partial charge in [-0.15, -0.1) is 11.3 Å². The highest BCUT2D eigenvalue weighted by Crippen LogP contribution is 2.25. The van der Waals surface area contributed by atoms with Gasteiger partial charge in [0.2, 0.25) is 0 Å². The van der Waals surface area contributed by atoms with E-state index in [4.69, 9.17) is 0 Å². The molecule has 33 heavy (non-hydrogen) atoms. The number of carbonyl (C=O) groups excluding carboxylic acids is 1. The molecule has 3 N–H and O–H groups in total. The van der Waals surface area contributed by atoms with E-state index in [2.05, 4.69) is 50.0 Å². The normalized spacial score (nSPS) is 14.8. The van der Waals surface area contributed by atoms with Crippen LogP contribution in [0.1, 0.15) is 32.1 Å². The molecule has 0 saturated carbocycles. The van der Waals surface area contributed by atoms with Crippen molar-refractivity contribution in [3.63, 3.8) is 0 Å². The number of hydrogen-bond donors (Lipinski definition) is 3. The fourth-order valence-corrected chi connectivity index (χ4v) is 4.97. The van der Waals surface area contributed by atoms with E-state index in [9.17, 15) is 4.79 Å². The van der Waals surface area contributed by atoms with Crippen molar-refractivity contribution in [3.8, 4) is 0 Å². The van der Waals surface area contributed by atoms with Crippen LogP contribution in [-0.4, -0.2) is 47.2 Å². The van der Waals surface area contributed by atoms with Crippen molar-refractivity contribution in [3.05, 3.63) is 81.2 Å². The summed E-state index contributed by atoms with van der Waals surface area (Å²) in [5, 5.41) is 17.1. The van der Waals surface area contributed by atoms with Crippen molar-refractivity contribution < 1.29 is 4.79 Å². The smallest absolute Gasteiger partial charge is 0.266 e. The number of aromatic amines is 1. The van der Waals surface area contributed by atoms with E-state index in [1.165, 1.54) is 16.9 Å². The number of para-hydroxylation sites is 1. The minimum atomic E-state index is -0.0679. The van der Waals surface area contributed by atoms with Gasteiger partial charge in [0.25, 0.3) is 5.91 Å². The molecule has 1 aliphatic rings. The largest absolute Gasteiger partial charge is 0.321 e. The predicted molar refractivity (Wildman–Crippen MR) is 137 cm³/mol. The summed E-state index contributed by atoms with van der Waals surface area (Å²) in [6, 6.07) is 16.4. The third kappa shape index (κ3) is 4.90. The van der Waals surface area contributed by atoms with Gasteiger partial charge < -0.3 is 10.6 Å². The number of thiophene rings is 1. The Bertz CT molecular complexity index is 1300. The number of anilines is 1. The van der Waals surface area contributed by atoms with Crippen LogP contribution in [0.2, 0.25) is 0 Å². The zero-order valence-corrected chi connectivity index (χ0v) is 19.4. The predicted octanol–water partition coefficient (Wildman–Crippen LogP) is 4.76. The molecule has 1 saturated heterocycles. The first-order valence-corrected chi connectivity index (χ1v) is 12.1. The van der Waals surface area contributed by atoms with E-state index in [-0.39, 0.29) is 5.91 Å². The van der Waals surface area contributed by atoms with E-state index in [0.717, 1.165) is 71.0 Å². The summed E-state index contributed by atoms with van der Waals surface area (Å²) >= 11 is 1.47. The van der Waals surface area contributed by atoms with Gasteiger partial charge in [-0.25, -0.2) is 0 Å². The highest BCUT2D eigenvalue weighted by molar-refractivity contribution is 7.12. The first kappa shape index (κ1) is 21.6. The van der Waals surface area contributed by atoms with Crippen LogP contribution in [0.3, 0.4) is 0 Å². The maximum absolute atomic E-state index is 13.0. The monoisotopic (exact) mass is 457 g/mol. The van der Waals surface area contributed by atoms with E-state index >= 15 is 0 Å². The van der Waals surface area contributed by atoms with Crippen LogP contribution in [0, 0.1) is 6.92 Å². The number of fused-ring (bicyclic) bond motifs is 1. The molecule has 0 aliphatic carbocycles. The van der Waals surface area contributed by atoms with Crippen LogP contribution in [0.25, 0.3) is 23.1 Å². The lowest BCUT2D eigenvalue weighted by Gasteiger charge is -2.27. The summed E-state index contributed by atoms with van der Waals surface area (Å²) in [5.41, 5.74) is 5.84. The van der Waals surface area contributed by atoms with Gasteiger partial charge in [-0.2, -0.15) is 5.10 Å². The number of rotatable bonds is 6. The van der Waals surface area contributed by atoms with E-state index in [1.807, 2.05) is 48.7 Å². The van der Waals surface area contributed by atoms with Gasteiger partial charge in [0.05, 0.1) is 16.1 Å². The summed E-state index contributed by atoms with van der Waals surface area (Å²) in [7, 11) is 0. The number of benzene rings is 2. The molecular formula is C26H27N5OS. The Morgan fingerprint density at radius 3 is 2.82 bits per heavy atom. The van der Waals surface area contributed by atoms with Crippen molar-refractivity contribution >= 4 is 46.0 Å². The van der Waals surface area contributed by atoms with Crippen LogP contribution in [0.15, 0.2) is 53.9 Å². The molecule has 0 spiro atoms. The zero-order valence-electron chi connectivity index (χ0n) is 18.6. The van der Waals surface area contributed by atoms with Gasteiger partial charge in [0, 0.05) is 43.8 Å². The lowest BCUT2D eigenvalue weighted by Crippen LogP contribution is -2.42. The fraction of sp³-hybridized carbons (Fsp3) is 0.231. The Balaban J connectivity index is 1.44. The molecule has 3 heterocycles. The molecule has 2 aromatic heterocycles. The second kappa shape index (κ2) is 9.70. The second-order valence-corrected chi connectivity index (χ2v) is 9.24. The molecule has 0 bridgehead atoms. The van der Waals surface area contributed by atoms with Crippen molar-refractivity contribution in [1.82, 2.24) is 20.4 Å². The van der Waals surface area contributed by atoms with Gasteiger partial charge in [0.15, 0.2) is 0 Å². The van der Waals surface area contributed by atoms with Gasteiger partial charge in [-0.3, -0.25) is 14.8 Å². The van der Waals surface area contributed by atoms with Gasteiger partial charge in [0.1, 0.15) is 0 Å². The van der Waals surface area contributed by atoms with Crippen molar-refractivity contribution in [2.24, 2.45) is 0 Å². The number of nitrogens with one attached hydrogen (secondary N) is 3. The lowest BCUT2D eigenvalue weighted by atomic mass is 10.1. The molecule has 6 nitrogen and oxygen atoms in total. The maximum Gasteiger partial charge on any atom is 0.266 e. The molecule has 5 rings (SSSR count). The maximum atomic E-state index is 13.0. The van der Waals surface area contributed by atoms with Crippen molar-refractivity contribution in [2.45, 2.75) is 13.5 Å². The highest BCUT2D eigenvalue weighted by Gasteiger charge is 2.15. The number of carbonyl (C=O) groups is 1. The Morgan fingerprint density at radius 1 is 1.15 bits per heavy atom. The number of H-pyrrole nitrogens is 1. The zero-order chi connectivity index (χ0) is 22.6. The Labute approximate surface area is 197 Å². The average molecular weight is 458 g/mol. The van der Waals surface area contributed by atoms with Gasteiger partial charge in [-0.05, 0) is 53.3 Å². The topological polar surface area (TPSA) is 73.1 Å². The number of amides is 1. The van der Waals surface area contributed by atoms with Crippen LogP contribution in [-0.2, 0) is 6.54 Å². The molecule has 1 amide bonds. The quantitative estimate of drug-likeness (QED) is 0.390. The number of nitrogens with zero attached hydrogens (tertiary/aromatic N) is 2. The van der Waals surface area contributed by atoms with Crippen molar-refractivity contribution in [1.29, 1.82) is 0 Å². The molecule has 0 radical (unpaired) electrons. The van der Waals surface area contributed by atoms with Gasteiger partial charge in [-0.1, -0.05) is 36.4 Å². The summed E-state index contributed by atoms with van der Waals surface area (Å²) < 4.78 is 0. The fourth-order valence-electron chi connectivity index (χ4n) is 4.15. The lowest BCUT2D eigenvalue weighted by molar-refractivity contribution is 0.103. The first-order chi connectivity index (χ1) is 16.2. The Morgan fingerprint density at radius 2 is 2.00 bits per heavy atom. The molecule has 7 heteroatoms. The molecule has 168 valence electrons. The van der Waals surface area contributed by atoms with Crippen LogP contribution < -0.4 is 10.6 Å². The molecule has 1 aliphatic heterocycles. The third-order valence-electron chi connectivity index (χ3n) is 5.97. The molecule has 4 aromatic rings. The minimum absolute atomic E-state index is 0.0679. The molecule has 0 unspecified atom stereocenters. The molecular weight excluding hydrogens is 430 g/mol. The summed E-state index contributed by atoms with van der Waals surface area (Å²) in [4.78, 5) is 16.2. The molecule has 0 atom stereocenters. The first-order valence-electron chi connectivity index (χ1n) is 11.2. The van der Waals surface area contributed by atoms with E-state index in [1.54, 1.807) is 0 Å². The third-order valence-corrected chi connectivity index (χ3v) is 6.99. The summed E-state index contributed by atoms with van der Waals surface area (Å²) in [6.45, 7) is 6.93. The Kier molecular flexibility index (Phi) is 6.35. The van der Waals surface area contributed by atoms with Crippen LogP contribution in [0.4, 0.5) is 5.69 Å². The average Bonchev–Trinajstić information content (AvgIpc) is 3.45. The molecule has 2 aromatic carbocycles. The van der Waals surface area contributed by atoms with E-state index < -0.39 is 0 Å². The van der Waals surface area contributed by atoms with Crippen LogP contribution in [0.5, 0.6) is 0 Å². The number of hydrogen-bond acceptors (Lipinski definition) is 5. The second-order valence-electron chi connectivity index (χ2n) is 8.32. The standard InChI is InChI=1S/C26H27N5OS/c1-18-10-15-33-25(18)26(32)28-24-16-19(17-31-13-11-27-12-14-31)6-7-20(24)8-9-23-21-4-2-3-5-22(21)29-30-23/h2-10,15-16,27H,11-14,17H2,1H3,(H,28,32)(H,29,30)/b9-8+. The Hall–Kier alpha value is -3.26. The number of aromatic nitrogens is 2. The summed E-state index contributed by atoms with van der Waals surface area (Å²) in [5.74, 6) is -0.0679. The number of aryl methyl sites for hydroxylation is 1. The molecule has 1 fully saturated rings. The van der Waals surface area contributed by atoms with Crippen LogP contribution >= 0.6 is 11.3 Å². The van der Waals surface area contributed by atoms with Gasteiger partial charge >= 0.3 is 0 Å². The highest BCUT2D eigenvalue weighted by atomic mass is 32.1. The van der Waals surface area contributed by atoms with Crippen molar-refractivity contribution in [2.75, 3.05) is 31.5 Å². The number of piperazine rings is 1.